The highest BCUT2D eigenvalue weighted by Crippen LogP contribution is 2.30. The Balaban J connectivity index is 1.93. The summed E-state index contributed by atoms with van der Waals surface area (Å²) in [6, 6.07) is 8.70. The molecule has 0 atom stereocenters. The summed E-state index contributed by atoms with van der Waals surface area (Å²) in [5.74, 6) is 0.530. The van der Waals surface area contributed by atoms with Crippen LogP contribution in [0.4, 0.5) is 0 Å². The molecule has 8 heteroatoms. The van der Waals surface area contributed by atoms with Crippen molar-refractivity contribution in [2.45, 2.75) is 20.3 Å². The minimum atomic E-state index is -0.473. The van der Waals surface area contributed by atoms with Crippen LogP contribution in [-0.4, -0.2) is 61.4 Å². The number of ether oxygens (including phenoxy) is 1. The molecule has 0 radical (unpaired) electrons. The lowest BCUT2D eigenvalue weighted by molar-refractivity contribution is -0.127. The summed E-state index contributed by atoms with van der Waals surface area (Å²) in [6.45, 7) is 4.58. The molecule has 1 aromatic carbocycles. The SMILES string of the molecule is CCCOC(=O)c1cc(-c2ccc(/C=C3\CN(CCO)C(=O)C(C=NC)=C3C)o2)ccc1Cl. The number of amides is 1. The zero-order chi connectivity index (χ0) is 24.0. The number of nitrogens with zero attached hydrogens (tertiary/aromatic N) is 2. The van der Waals surface area contributed by atoms with Crippen LogP contribution >= 0.6 is 11.6 Å². The van der Waals surface area contributed by atoms with Crippen LogP contribution in [-0.2, 0) is 9.53 Å². The van der Waals surface area contributed by atoms with Crippen molar-refractivity contribution in [2.75, 3.05) is 33.4 Å². The van der Waals surface area contributed by atoms with Gasteiger partial charge in [-0.1, -0.05) is 18.5 Å². The number of halogens is 1. The number of hydrogen-bond donors (Lipinski definition) is 1. The van der Waals surface area contributed by atoms with Gasteiger partial charge in [-0.2, -0.15) is 0 Å². The van der Waals surface area contributed by atoms with Crippen molar-refractivity contribution >= 4 is 35.8 Å². The predicted octanol–water partition coefficient (Wildman–Crippen LogP) is 4.40. The zero-order valence-electron chi connectivity index (χ0n) is 18.9. The summed E-state index contributed by atoms with van der Waals surface area (Å²) in [5.41, 5.74) is 3.16. The number of carbonyl (C=O) groups excluding carboxylic acids is 2. The Labute approximate surface area is 198 Å². The van der Waals surface area contributed by atoms with E-state index in [2.05, 4.69) is 4.99 Å². The van der Waals surface area contributed by atoms with Gasteiger partial charge in [0.15, 0.2) is 0 Å². The first-order chi connectivity index (χ1) is 15.9. The lowest BCUT2D eigenvalue weighted by Crippen LogP contribution is -2.40. The van der Waals surface area contributed by atoms with Crippen molar-refractivity contribution in [3.63, 3.8) is 0 Å². The number of aliphatic hydroxyl groups excluding tert-OH is 1. The maximum absolute atomic E-state index is 12.6. The molecule has 2 heterocycles. The number of carbonyl (C=O) groups is 2. The van der Waals surface area contributed by atoms with Crippen LogP contribution < -0.4 is 0 Å². The number of aliphatic hydroxyl groups is 1. The minimum absolute atomic E-state index is 0.126. The van der Waals surface area contributed by atoms with E-state index in [1.807, 2.05) is 32.1 Å². The van der Waals surface area contributed by atoms with Crippen LogP contribution in [0.15, 0.2) is 56.5 Å². The van der Waals surface area contributed by atoms with Gasteiger partial charge >= 0.3 is 5.97 Å². The van der Waals surface area contributed by atoms with Crippen LogP contribution in [0.5, 0.6) is 0 Å². The van der Waals surface area contributed by atoms with Gasteiger partial charge in [0.25, 0.3) is 5.91 Å². The summed E-state index contributed by atoms with van der Waals surface area (Å²) < 4.78 is 11.2. The second-order valence-corrected chi connectivity index (χ2v) is 7.99. The summed E-state index contributed by atoms with van der Waals surface area (Å²) in [5, 5.41) is 9.64. The van der Waals surface area contributed by atoms with Crippen molar-refractivity contribution in [1.82, 2.24) is 4.90 Å². The Bertz CT molecular complexity index is 1130. The maximum atomic E-state index is 12.6. The summed E-state index contributed by atoms with van der Waals surface area (Å²) in [7, 11) is 1.61. The first-order valence-corrected chi connectivity index (χ1v) is 11.1. The Kier molecular flexibility index (Phi) is 8.25. The molecule has 0 saturated carbocycles. The highest BCUT2D eigenvalue weighted by molar-refractivity contribution is 6.33. The number of furan rings is 1. The molecule has 0 unspecified atom stereocenters. The highest BCUT2D eigenvalue weighted by Gasteiger charge is 2.27. The van der Waals surface area contributed by atoms with Crippen LogP contribution in [0.25, 0.3) is 17.4 Å². The molecule has 0 bridgehead atoms. The molecule has 1 aliphatic rings. The van der Waals surface area contributed by atoms with E-state index in [1.54, 1.807) is 30.1 Å². The quantitative estimate of drug-likeness (QED) is 0.456. The fraction of sp³-hybridized carbons (Fsp3) is 0.320. The van der Waals surface area contributed by atoms with Gasteiger partial charge in [-0.3, -0.25) is 9.79 Å². The number of benzene rings is 1. The summed E-state index contributed by atoms with van der Waals surface area (Å²) in [6.07, 6.45) is 4.13. The zero-order valence-corrected chi connectivity index (χ0v) is 19.7. The lowest BCUT2D eigenvalue weighted by atomic mass is 9.95. The van der Waals surface area contributed by atoms with E-state index in [0.29, 0.717) is 40.8 Å². The third kappa shape index (κ3) is 5.61. The largest absolute Gasteiger partial charge is 0.462 e. The van der Waals surface area contributed by atoms with Gasteiger partial charge in [0.05, 0.1) is 29.4 Å². The van der Waals surface area contributed by atoms with Gasteiger partial charge in [-0.05, 0) is 60.9 Å². The third-order valence-corrected chi connectivity index (χ3v) is 5.57. The van der Waals surface area contributed by atoms with Gasteiger partial charge in [0.2, 0.25) is 0 Å². The Hall–Kier alpha value is -3.16. The predicted molar refractivity (Wildman–Crippen MR) is 128 cm³/mol. The molecule has 1 amide bonds. The van der Waals surface area contributed by atoms with Gasteiger partial charge in [-0.25, -0.2) is 4.79 Å². The number of β-amino-alcohol motifs (C(OH)–C–C–N with tert-alkyl or cyclic N) is 1. The third-order valence-electron chi connectivity index (χ3n) is 5.24. The van der Waals surface area contributed by atoms with E-state index < -0.39 is 5.97 Å². The van der Waals surface area contributed by atoms with E-state index in [-0.39, 0.29) is 24.6 Å². The smallest absolute Gasteiger partial charge is 0.339 e. The van der Waals surface area contributed by atoms with Gasteiger partial charge in [-0.15, -0.1) is 0 Å². The Morgan fingerprint density at radius 3 is 2.82 bits per heavy atom. The molecule has 3 rings (SSSR count). The molecule has 174 valence electrons. The van der Waals surface area contributed by atoms with Crippen LogP contribution in [0.2, 0.25) is 5.02 Å². The summed E-state index contributed by atoms with van der Waals surface area (Å²) >= 11 is 6.19. The lowest BCUT2D eigenvalue weighted by Gasteiger charge is -2.29. The van der Waals surface area contributed by atoms with E-state index in [0.717, 1.165) is 17.6 Å². The van der Waals surface area contributed by atoms with Crippen molar-refractivity contribution in [1.29, 1.82) is 0 Å². The second kappa shape index (κ2) is 11.1. The number of aliphatic imine (C=N–C) groups is 1. The van der Waals surface area contributed by atoms with Gasteiger partial charge in [0, 0.05) is 31.9 Å². The van der Waals surface area contributed by atoms with Crippen molar-refractivity contribution in [3.8, 4) is 11.3 Å². The first-order valence-electron chi connectivity index (χ1n) is 10.7. The van der Waals surface area contributed by atoms with Crippen LogP contribution in [0.1, 0.15) is 36.4 Å². The standard InChI is InChI=1S/C25H27ClN2O5/c1-4-11-32-25(31)20-13-17(5-7-22(20)26)23-8-6-19(33-23)12-18-15-28(9-10-29)24(30)21(14-27-3)16(18)2/h5-8,12-14,29H,4,9-11,15H2,1-3H3/b18-12+,27-14?. The average Bonchev–Trinajstić information content (AvgIpc) is 3.27. The maximum Gasteiger partial charge on any atom is 0.339 e. The normalized spacial score (nSPS) is 15.7. The molecule has 0 spiro atoms. The van der Waals surface area contributed by atoms with Crippen molar-refractivity contribution < 1.29 is 23.8 Å². The summed E-state index contributed by atoms with van der Waals surface area (Å²) in [4.78, 5) is 30.5. The van der Waals surface area contributed by atoms with Gasteiger partial charge in [0.1, 0.15) is 11.5 Å². The Morgan fingerprint density at radius 1 is 1.33 bits per heavy atom. The van der Waals surface area contributed by atoms with Crippen molar-refractivity contribution in [3.05, 3.63) is 63.4 Å². The topological polar surface area (TPSA) is 92.3 Å². The average molecular weight is 471 g/mol. The Morgan fingerprint density at radius 2 is 2.12 bits per heavy atom. The van der Waals surface area contributed by atoms with Crippen LogP contribution in [0.3, 0.4) is 0 Å². The fourth-order valence-corrected chi connectivity index (χ4v) is 3.70. The molecule has 1 N–H and O–H groups in total. The molecular formula is C25H27ClN2O5. The molecule has 33 heavy (non-hydrogen) atoms. The van der Waals surface area contributed by atoms with E-state index in [4.69, 9.17) is 20.8 Å². The first kappa shape index (κ1) is 24.5. The molecule has 7 nitrogen and oxygen atoms in total. The number of rotatable bonds is 8. The molecule has 1 aromatic heterocycles. The number of esters is 1. The minimum Gasteiger partial charge on any atom is -0.462 e. The highest BCUT2D eigenvalue weighted by atomic mass is 35.5. The molecule has 0 aliphatic carbocycles. The second-order valence-electron chi connectivity index (χ2n) is 7.58. The van der Waals surface area contributed by atoms with E-state index >= 15 is 0 Å². The molecule has 2 aromatic rings. The van der Waals surface area contributed by atoms with E-state index in [1.165, 1.54) is 6.21 Å². The van der Waals surface area contributed by atoms with Gasteiger partial charge < -0.3 is 19.2 Å². The molecule has 1 aliphatic heterocycles. The fourth-order valence-electron chi connectivity index (χ4n) is 3.50. The monoisotopic (exact) mass is 470 g/mol. The van der Waals surface area contributed by atoms with Crippen molar-refractivity contribution in [2.24, 2.45) is 4.99 Å². The molecule has 0 fully saturated rings. The number of hydrogen-bond acceptors (Lipinski definition) is 6. The molecule has 0 saturated heterocycles. The van der Waals surface area contributed by atoms with E-state index in [9.17, 15) is 14.7 Å². The molecular weight excluding hydrogens is 444 g/mol. The van der Waals surface area contributed by atoms with Crippen LogP contribution in [0, 0.1) is 0 Å².